The zero-order valence-corrected chi connectivity index (χ0v) is 20.2. The molecule has 2 aromatic heterocycles. The maximum Gasteiger partial charge on any atom is 0.241 e. The molecule has 0 radical (unpaired) electrons. The lowest BCUT2D eigenvalue weighted by atomic mass is 9.89. The summed E-state index contributed by atoms with van der Waals surface area (Å²) in [6.07, 6.45) is 0. The van der Waals surface area contributed by atoms with Crippen LogP contribution in [0.1, 0.15) is 12.7 Å². The van der Waals surface area contributed by atoms with Gasteiger partial charge in [0.2, 0.25) is 11.9 Å². The number of rotatable bonds is 6. The lowest BCUT2D eigenvalue weighted by Crippen LogP contribution is -2.75. The first-order valence-corrected chi connectivity index (χ1v) is 11.7. The van der Waals surface area contributed by atoms with E-state index in [2.05, 4.69) is 10.3 Å². The van der Waals surface area contributed by atoms with E-state index in [-0.39, 0.29) is 5.91 Å². The van der Waals surface area contributed by atoms with Gasteiger partial charge in [0.25, 0.3) is 0 Å². The minimum atomic E-state index is -0.801. The van der Waals surface area contributed by atoms with Gasteiger partial charge in [-0.05, 0) is 25.6 Å². The number of nitrogens with zero attached hydrogens (tertiary/aromatic N) is 5. The van der Waals surface area contributed by atoms with Gasteiger partial charge in [-0.15, -0.1) is 0 Å². The molecule has 34 heavy (non-hydrogen) atoms. The molecule has 1 aliphatic heterocycles. The van der Waals surface area contributed by atoms with E-state index in [9.17, 15) is 4.79 Å². The van der Waals surface area contributed by atoms with Gasteiger partial charge in [-0.25, -0.2) is 4.98 Å². The molecule has 1 fully saturated rings. The summed E-state index contributed by atoms with van der Waals surface area (Å²) in [5, 5.41) is 9.27. The van der Waals surface area contributed by atoms with E-state index in [0.29, 0.717) is 52.8 Å². The maximum atomic E-state index is 12.2. The quantitative estimate of drug-likeness (QED) is 0.422. The van der Waals surface area contributed by atoms with Crippen LogP contribution >= 0.6 is 23.2 Å². The van der Waals surface area contributed by atoms with Crippen LogP contribution in [0.15, 0.2) is 48.5 Å². The number of nitrogens with one attached hydrogen (secondary N) is 1. The summed E-state index contributed by atoms with van der Waals surface area (Å²) < 4.78 is 1.70. The third-order valence-corrected chi connectivity index (χ3v) is 6.70. The van der Waals surface area contributed by atoms with Crippen molar-refractivity contribution in [2.24, 2.45) is 5.73 Å². The van der Waals surface area contributed by atoms with Crippen LogP contribution in [0.5, 0.6) is 0 Å². The molecule has 174 valence electrons. The SMILES string of the molecule is CCNC1(C(N)=O)CN(c2nc(C)nc3c(-c4ccccc4Cl)c(-c4ccccc4Cl)nn23)C1. The second kappa shape index (κ2) is 8.54. The number of aromatic nitrogens is 4. The van der Waals surface area contributed by atoms with Crippen LogP contribution in [0.4, 0.5) is 5.95 Å². The van der Waals surface area contributed by atoms with Crippen molar-refractivity contribution < 1.29 is 4.79 Å². The van der Waals surface area contributed by atoms with Gasteiger partial charge in [0.15, 0.2) is 5.65 Å². The van der Waals surface area contributed by atoms with Gasteiger partial charge in [-0.2, -0.15) is 14.6 Å². The summed E-state index contributed by atoms with van der Waals surface area (Å²) in [5.41, 5.74) is 8.47. The first-order chi connectivity index (χ1) is 16.3. The molecule has 1 aliphatic rings. The molecule has 5 rings (SSSR count). The zero-order chi connectivity index (χ0) is 24.0. The van der Waals surface area contributed by atoms with Crippen molar-refractivity contribution in [3.63, 3.8) is 0 Å². The minimum Gasteiger partial charge on any atom is -0.368 e. The van der Waals surface area contributed by atoms with Crippen molar-refractivity contribution >= 4 is 40.7 Å². The maximum absolute atomic E-state index is 12.2. The van der Waals surface area contributed by atoms with Gasteiger partial charge >= 0.3 is 0 Å². The molecule has 1 saturated heterocycles. The molecule has 1 amide bonds. The molecule has 0 saturated carbocycles. The number of fused-ring (bicyclic) bond motifs is 1. The molecule has 3 heterocycles. The van der Waals surface area contributed by atoms with Crippen LogP contribution in [0.3, 0.4) is 0 Å². The highest BCUT2D eigenvalue weighted by molar-refractivity contribution is 6.35. The van der Waals surface area contributed by atoms with Crippen LogP contribution in [0.25, 0.3) is 28.0 Å². The standard InChI is InChI=1S/C24H23Cl2N7O/c1-3-28-24(22(27)34)12-32(13-24)23-30-14(2)29-21-19(15-8-4-6-10-17(15)25)20(31-33(21)23)16-9-5-7-11-18(16)26/h4-11,28H,3,12-13H2,1-2H3,(H2,27,34). The molecule has 0 spiro atoms. The number of carbonyl (C=O) groups is 1. The number of primary amides is 1. The van der Waals surface area contributed by atoms with Crippen molar-refractivity contribution in [3.05, 3.63) is 64.4 Å². The molecule has 4 aromatic rings. The largest absolute Gasteiger partial charge is 0.368 e. The number of carbonyl (C=O) groups excluding carboxylic acids is 1. The topological polar surface area (TPSA) is 101 Å². The predicted octanol–water partition coefficient (Wildman–Crippen LogP) is 3.73. The van der Waals surface area contributed by atoms with Crippen molar-refractivity contribution in [1.29, 1.82) is 0 Å². The normalized spacial score (nSPS) is 14.9. The van der Waals surface area contributed by atoms with Crippen LogP contribution in [0.2, 0.25) is 10.0 Å². The number of anilines is 1. The van der Waals surface area contributed by atoms with Crippen molar-refractivity contribution in [2.45, 2.75) is 19.4 Å². The number of nitrogens with two attached hydrogens (primary N) is 1. The van der Waals surface area contributed by atoms with E-state index in [1.54, 1.807) is 4.52 Å². The molecule has 3 N–H and O–H groups in total. The number of halogens is 2. The van der Waals surface area contributed by atoms with Crippen molar-refractivity contribution in [1.82, 2.24) is 24.9 Å². The Kier molecular flexibility index (Phi) is 5.67. The Labute approximate surface area is 206 Å². The van der Waals surface area contributed by atoms with E-state index >= 15 is 0 Å². The van der Waals surface area contributed by atoms with E-state index in [1.165, 1.54) is 0 Å². The average Bonchev–Trinajstić information content (AvgIpc) is 3.14. The summed E-state index contributed by atoms with van der Waals surface area (Å²) in [4.78, 5) is 23.5. The van der Waals surface area contributed by atoms with Crippen LogP contribution in [0, 0.1) is 6.92 Å². The molecule has 10 heteroatoms. The first-order valence-electron chi connectivity index (χ1n) is 10.9. The highest BCUT2D eigenvalue weighted by Gasteiger charge is 2.49. The number of aryl methyl sites for hydroxylation is 1. The van der Waals surface area contributed by atoms with Gasteiger partial charge in [0.1, 0.15) is 17.1 Å². The fourth-order valence-electron chi connectivity index (χ4n) is 4.42. The molecule has 0 bridgehead atoms. The summed E-state index contributed by atoms with van der Waals surface area (Å²) in [5.74, 6) is 0.756. The van der Waals surface area contributed by atoms with E-state index in [4.69, 9.17) is 39.0 Å². The lowest BCUT2D eigenvalue weighted by molar-refractivity contribution is -0.125. The first kappa shape index (κ1) is 22.6. The molecule has 0 aliphatic carbocycles. The Morgan fingerprint density at radius 3 is 2.26 bits per heavy atom. The fraction of sp³-hybridized carbons (Fsp3) is 0.250. The van der Waals surface area contributed by atoms with E-state index < -0.39 is 5.54 Å². The van der Waals surface area contributed by atoms with Crippen molar-refractivity contribution in [2.75, 3.05) is 24.5 Å². The second-order valence-corrected chi connectivity index (χ2v) is 9.14. The Hall–Kier alpha value is -3.20. The molecule has 0 unspecified atom stereocenters. The van der Waals surface area contributed by atoms with Crippen LogP contribution in [-0.4, -0.2) is 50.7 Å². The number of likely N-dealkylation sites (N-methyl/N-ethyl adjacent to an activating group) is 1. The van der Waals surface area contributed by atoms with Gasteiger partial charge in [-0.1, -0.05) is 66.5 Å². The Morgan fingerprint density at radius 1 is 1.06 bits per heavy atom. The number of hydrogen-bond donors (Lipinski definition) is 2. The van der Waals surface area contributed by atoms with Crippen molar-refractivity contribution in [3.8, 4) is 22.4 Å². The van der Waals surface area contributed by atoms with Gasteiger partial charge < -0.3 is 16.0 Å². The zero-order valence-electron chi connectivity index (χ0n) is 18.7. The monoisotopic (exact) mass is 495 g/mol. The summed E-state index contributed by atoms with van der Waals surface area (Å²) in [6.45, 7) is 5.16. The molecule has 2 aromatic carbocycles. The Morgan fingerprint density at radius 2 is 1.68 bits per heavy atom. The third kappa shape index (κ3) is 3.58. The van der Waals surface area contributed by atoms with E-state index in [0.717, 1.165) is 16.7 Å². The fourth-order valence-corrected chi connectivity index (χ4v) is 4.88. The number of amides is 1. The average molecular weight is 496 g/mol. The van der Waals surface area contributed by atoms with Gasteiger partial charge in [0.05, 0.1) is 10.6 Å². The molecule has 8 nitrogen and oxygen atoms in total. The summed E-state index contributed by atoms with van der Waals surface area (Å²) in [6, 6.07) is 15.1. The van der Waals surface area contributed by atoms with Gasteiger partial charge in [-0.3, -0.25) is 4.79 Å². The summed E-state index contributed by atoms with van der Waals surface area (Å²) >= 11 is 13.2. The smallest absolute Gasteiger partial charge is 0.241 e. The predicted molar refractivity (Wildman–Crippen MR) is 134 cm³/mol. The van der Waals surface area contributed by atoms with Gasteiger partial charge in [0, 0.05) is 29.2 Å². The van der Waals surface area contributed by atoms with Crippen LogP contribution in [-0.2, 0) is 4.79 Å². The highest BCUT2D eigenvalue weighted by Crippen LogP contribution is 2.41. The highest BCUT2D eigenvalue weighted by atomic mass is 35.5. The number of hydrogen-bond acceptors (Lipinski definition) is 6. The molecular weight excluding hydrogens is 473 g/mol. The summed E-state index contributed by atoms with van der Waals surface area (Å²) in [7, 11) is 0. The number of benzene rings is 2. The van der Waals surface area contributed by atoms with Crippen LogP contribution < -0.4 is 16.0 Å². The molecule has 0 atom stereocenters. The Balaban J connectivity index is 1.74. The third-order valence-electron chi connectivity index (χ3n) is 6.04. The Bertz CT molecular complexity index is 1410. The lowest BCUT2D eigenvalue weighted by Gasteiger charge is -2.48. The molecular formula is C24H23Cl2N7O. The second-order valence-electron chi connectivity index (χ2n) is 8.32. The minimum absolute atomic E-state index is 0.379. The van der Waals surface area contributed by atoms with E-state index in [1.807, 2.05) is 67.3 Å².